The fraction of sp³-hybridized carbons (Fsp3) is 0.571. The second-order valence-corrected chi connectivity index (χ2v) is 6.11. The van der Waals surface area contributed by atoms with Crippen LogP contribution < -0.4 is 5.32 Å². The number of hydrogen-bond donors (Lipinski definition) is 1. The number of nitrogens with one attached hydrogen (secondary N) is 1. The number of nitrogens with zero attached hydrogens (tertiary/aromatic N) is 3. The topological polar surface area (TPSA) is 42.7 Å². The third kappa shape index (κ3) is 3.04. The zero-order valence-corrected chi connectivity index (χ0v) is 12.1. The Morgan fingerprint density at radius 3 is 3.00 bits per heavy atom. The molecule has 1 N–H and O–H groups in total. The maximum Gasteiger partial charge on any atom is 0.0948 e. The lowest BCUT2D eigenvalue weighted by Crippen LogP contribution is -2.27. The molecule has 1 fully saturated rings. The molecule has 0 amide bonds. The van der Waals surface area contributed by atoms with Crippen molar-refractivity contribution in [1.82, 2.24) is 19.9 Å². The molecule has 0 spiro atoms. The fourth-order valence-corrected chi connectivity index (χ4v) is 3.47. The molecule has 0 aromatic carbocycles. The van der Waals surface area contributed by atoms with Crippen molar-refractivity contribution in [2.75, 3.05) is 13.1 Å². The first-order valence-corrected chi connectivity index (χ1v) is 7.82. The minimum atomic E-state index is 0.668. The molecule has 0 aliphatic carbocycles. The quantitative estimate of drug-likeness (QED) is 0.932. The van der Waals surface area contributed by atoms with Crippen molar-refractivity contribution in [1.29, 1.82) is 0 Å². The van der Waals surface area contributed by atoms with Crippen molar-refractivity contribution in [3.05, 3.63) is 34.3 Å². The van der Waals surface area contributed by atoms with Gasteiger partial charge in [-0.1, -0.05) is 0 Å². The van der Waals surface area contributed by atoms with Crippen LogP contribution in [0.5, 0.6) is 0 Å². The average molecular weight is 276 g/mol. The highest BCUT2D eigenvalue weighted by atomic mass is 32.1. The van der Waals surface area contributed by atoms with Gasteiger partial charge in [-0.3, -0.25) is 0 Å². The average Bonchev–Trinajstić information content (AvgIpc) is 3.06. The van der Waals surface area contributed by atoms with Crippen molar-refractivity contribution >= 4 is 11.3 Å². The van der Waals surface area contributed by atoms with E-state index in [4.69, 9.17) is 0 Å². The van der Waals surface area contributed by atoms with Gasteiger partial charge >= 0.3 is 0 Å². The molecule has 2 aromatic rings. The predicted molar refractivity (Wildman–Crippen MR) is 77.6 cm³/mol. The van der Waals surface area contributed by atoms with Gasteiger partial charge < -0.3 is 9.88 Å². The van der Waals surface area contributed by atoms with Crippen LogP contribution in [0.15, 0.2) is 17.9 Å². The van der Waals surface area contributed by atoms with Crippen LogP contribution in [0.3, 0.4) is 0 Å². The van der Waals surface area contributed by atoms with Gasteiger partial charge in [0, 0.05) is 41.8 Å². The van der Waals surface area contributed by atoms with Crippen LogP contribution in [0.1, 0.15) is 35.2 Å². The van der Waals surface area contributed by atoms with Crippen molar-refractivity contribution in [3.8, 4) is 0 Å². The number of hydrogen-bond acceptors (Lipinski definition) is 4. The zero-order valence-electron chi connectivity index (χ0n) is 11.3. The maximum atomic E-state index is 4.53. The second kappa shape index (κ2) is 5.84. The number of aromatic nitrogens is 3. The van der Waals surface area contributed by atoms with E-state index in [0.717, 1.165) is 31.7 Å². The number of imidazole rings is 1. The molecule has 19 heavy (non-hydrogen) atoms. The minimum Gasteiger partial charge on any atom is -0.334 e. The normalized spacial score (nSPS) is 16.9. The number of thiazole rings is 1. The Balaban J connectivity index is 1.66. The third-order valence-corrected chi connectivity index (χ3v) is 4.76. The summed E-state index contributed by atoms with van der Waals surface area (Å²) in [6.07, 6.45) is 7.47. The SMILES string of the molecule is Cc1csc(CCn2cncc2C2CCNCC2)n1. The molecule has 4 nitrogen and oxygen atoms in total. The third-order valence-electron chi connectivity index (χ3n) is 3.74. The monoisotopic (exact) mass is 276 g/mol. The Bertz CT molecular complexity index is 525. The Labute approximate surface area is 117 Å². The summed E-state index contributed by atoms with van der Waals surface area (Å²) in [6, 6.07) is 0. The molecule has 102 valence electrons. The number of aryl methyl sites for hydroxylation is 3. The summed E-state index contributed by atoms with van der Waals surface area (Å²) in [5.74, 6) is 0.668. The van der Waals surface area contributed by atoms with Crippen LogP contribution in [0.4, 0.5) is 0 Å². The van der Waals surface area contributed by atoms with Crippen LogP contribution >= 0.6 is 11.3 Å². The summed E-state index contributed by atoms with van der Waals surface area (Å²) in [6.45, 7) is 5.30. The molecule has 0 bridgehead atoms. The largest absolute Gasteiger partial charge is 0.334 e. The lowest BCUT2D eigenvalue weighted by molar-refractivity contribution is 0.438. The number of piperidine rings is 1. The van der Waals surface area contributed by atoms with Gasteiger partial charge in [-0.15, -0.1) is 11.3 Å². The van der Waals surface area contributed by atoms with Crippen molar-refractivity contribution in [2.24, 2.45) is 0 Å². The predicted octanol–water partition coefficient (Wildman–Crippen LogP) is 2.36. The van der Waals surface area contributed by atoms with E-state index in [1.165, 1.54) is 23.5 Å². The molecule has 5 heteroatoms. The van der Waals surface area contributed by atoms with E-state index in [-0.39, 0.29) is 0 Å². The van der Waals surface area contributed by atoms with E-state index in [9.17, 15) is 0 Å². The molecule has 3 rings (SSSR count). The maximum absolute atomic E-state index is 4.53. The van der Waals surface area contributed by atoms with Crippen molar-refractivity contribution < 1.29 is 0 Å². The highest BCUT2D eigenvalue weighted by Gasteiger charge is 2.18. The summed E-state index contributed by atoms with van der Waals surface area (Å²) in [5.41, 5.74) is 2.53. The van der Waals surface area contributed by atoms with Gasteiger partial charge in [0.1, 0.15) is 0 Å². The van der Waals surface area contributed by atoms with Crippen molar-refractivity contribution in [2.45, 2.75) is 38.6 Å². The van der Waals surface area contributed by atoms with E-state index < -0.39 is 0 Å². The van der Waals surface area contributed by atoms with Crippen molar-refractivity contribution in [3.63, 3.8) is 0 Å². The smallest absolute Gasteiger partial charge is 0.0948 e. The molecule has 1 saturated heterocycles. The molecule has 0 atom stereocenters. The summed E-state index contributed by atoms with van der Waals surface area (Å²) in [4.78, 5) is 8.87. The van der Waals surface area contributed by atoms with Gasteiger partial charge in [-0.2, -0.15) is 0 Å². The highest BCUT2D eigenvalue weighted by molar-refractivity contribution is 7.09. The summed E-state index contributed by atoms with van der Waals surface area (Å²) < 4.78 is 2.31. The van der Waals surface area contributed by atoms with Gasteiger partial charge in [-0.25, -0.2) is 9.97 Å². The van der Waals surface area contributed by atoms with Crippen LogP contribution in [0, 0.1) is 6.92 Å². The summed E-state index contributed by atoms with van der Waals surface area (Å²) >= 11 is 1.76. The first-order valence-electron chi connectivity index (χ1n) is 6.94. The molecular weight excluding hydrogens is 256 g/mol. The van der Waals surface area contributed by atoms with Crippen LogP contribution in [-0.4, -0.2) is 27.6 Å². The Hall–Kier alpha value is -1.20. The van der Waals surface area contributed by atoms with E-state index in [1.807, 2.05) is 12.5 Å². The zero-order chi connectivity index (χ0) is 13.1. The minimum absolute atomic E-state index is 0.668. The van der Waals surface area contributed by atoms with Gasteiger partial charge in [0.15, 0.2) is 0 Å². The fourth-order valence-electron chi connectivity index (χ4n) is 2.71. The molecule has 3 heterocycles. The number of rotatable bonds is 4. The standard InChI is InChI=1S/C14H20N4S/c1-11-9-19-14(17-11)4-7-18-10-16-8-13(18)12-2-5-15-6-3-12/h8-10,12,15H,2-7H2,1H3. The Kier molecular flexibility index (Phi) is 3.94. The molecule has 2 aromatic heterocycles. The van der Waals surface area contributed by atoms with E-state index in [2.05, 4.69) is 32.2 Å². The lowest BCUT2D eigenvalue weighted by Gasteiger charge is -2.23. The van der Waals surface area contributed by atoms with Crippen LogP contribution in [0.2, 0.25) is 0 Å². The van der Waals surface area contributed by atoms with Crippen LogP contribution in [0.25, 0.3) is 0 Å². The summed E-state index contributed by atoms with van der Waals surface area (Å²) in [5, 5.41) is 6.77. The van der Waals surface area contributed by atoms with Gasteiger partial charge in [-0.05, 0) is 32.9 Å². The Morgan fingerprint density at radius 2 is 2.26 bits per heavy atom. The molecule has 0 unspecified atom stereocenters. The van der Waals surface area contributed by atoms with E-state index >= 15 is 0 Å². The first kappa shape index (κ1) is 12.8. The van der Waals surface area contributed by atoms with E-state index in [0.29, 0.717) is 5.92 Å². The lowest BCUT2D eigenvalue weighted by atomic mass is 9.95. The van der Waals surface area contributed by atoms with Gasteiger partial charge in [0.2, 0.25) is 0 Å². The van der Waals surface area contributed by atoms with Gasteiger partial charge in [0.25, 0.3) is 0 Å². The second-order valence-electron chi connectivity index (χ2n) is 5.17. The molecular formula is C14H20N4S. The van der Waals surface area contributed by atoms with E-state index in [1.54, 1.807) is 11.3 Å². The van der Waals surface area contributed by atoms with Crippen LogP contribution in [-0.2, 0) is 13.0 Å². The Morgan fingerprint density at radius 1 is 1.42 bits per heavy atom. The molecule has 0 radical (unpaired) electrons. The first-order chi connectivity index (χ1) is 9.33. The van der Waals surface area contributed by atoms with Gasteiger partial charge in [0.05, 0.1) is 11.3 Å². The molecule has 0 saturated carbocycles. The summed E-state index contributed by atoms with van der Waals surface area (Å²) in [7, 11) is 0. The molecule has 1 aliphatic heterocycles. The molecule has 1 aliphatic rings. The highest BCUT2D eigenvalue weighted by Crippen LogP contribution is 2.25.